The van der Waals surface area contributed by atoms with E-state index < -0.39 is 5.41 Å². The second-order valence-electron chi connectivity index (χ2n) is 6.03. The molecule has 3 N–H and O–H groups in total. The maximum absolute atomic E-state index is 12.4. The first-order valence-electron chi connectivity index (χ1n) is 7.12. The molecule has 0 saturated carbocycles. The Labute approximate surface area is 123 Å². The van der Waals surface area contributed by atoms with Gasteiger partial charge < -0.3 is 15.6 Å². The SMILES string of the molecule is CC1(C(N)=O)CCN(C(=O)Cc2c[nH]c3ccccc23)C1. The predicted octanol–water partition coefficient (Wildman–Crippen LogP) is 1.43. The van der Waals surface area contributed by atoms with Gasteiger partial charge in [0.2, 0.25) is 11.8 Å². The Balaban J connectivity index is 1.74. The molecule has 3 rings (SSSR count). The first-order chi connectivity index (χ1) is 9.99. The fraction of sp³-hybridized carbons (Fsp3) is 0.375. The molecule has 1 fully saturated rings. The molecule has 1 aliphatic heterocycles. The Morgan fingerprint density at radius 1 is 1.38 bits per heavy atom. The van der Waals surface area contributed by atoms with E-state index in [0.29, 0.717) is 25.9 Å². The maximum Gasteiger partial charge on any atom is 0.227 e. The summed E-state index contributed by atoms with van der Waals surface area (Å²) in [5.41, 5.74) is 6.86. The lowest BCUT2D eigenvalue weighted by Crippen LogP contribution is -2.39. The van der Waals surface area contributed by atoms with Crippen molar-refractivity contribution < 1.29 is 9.59 Å². The number of hydrogen-bond acceptors (Lipinski definition) is 2. The molecular formula is C16H19N3O2. The van der Waals surface area contributed by atoms with Crippen molar-refractivity contribution in [3.8, 4) is 0 Å². The van der Waals surface area contributed by atoms with Gasteiger partial charge in [0.25, 0.3) is 0 Å². The van der Waals surface area contributed by atoms with Gasteiger partial charge in [0, 0.05) is 30.2 Å². The zero-order chi connectivity index (χ0) is 15.0. The summed E-state index contributed by atoms with van der Waals surface area (Å²) in [6, 6.07) is 7.92. The summed E-state index contributed by atoms with van der Waals surface area (Å²) in [7, 11) is 0. The summed E-state index contributed by atoms with van der Waals surface area (Å²) < 4.78 is 0. The molecule has 2 heterocycles. The lowest BCUT2D eigenvalue weighted by Gasteiger charge is -2.21. The van der Waals surface area contributed by atoms with Gasteiger partial charge in [0.1, 0.15) is 0 Å². The van der Waals surface area contributed by atoms with Gasteiger partial charge in [-0.2, -0.15) is 0 Å². The van der Waals surface area contributed by atoms with E-state index in [1.807, 2.05) is 37.4 Å². The largest absolute Gasteiger partial charge is 0.369 e. The molecule has 0 aliphatic carbocycles. The minimum Gasteiger partial charge on any atom is -0.369 e. The number of nitrogens with one attached hydrogen (secondary N) is 1. The van der Waals surface area contributed by atoms with Crippen LogP contribution in [0.1, 0.15) is 18.9 Å². The number of carbonyl (C=O) groups excluding carboxylic acids is 2. The number of benzene rings is 1. The second kappa shape index (κ2) is 4.91. The van der Waals surface area contributed by atoms with Gasteiger partial charge in [0.15, 0.2) is 0 Å². The average molecular weight is 285 g/mol. The van der Waals surface area contributed by atoms with Gasteiger partial charge >= 0.3 is 0 Å². The van der Waals surface area contributed by atoms with E-state index >= 15 is 0 Å². The van der Waals surface area contributed by atoms with E-state index in [1.165, 1.54) is 0 Å². The summed E-state index contributed by atoms with van der Waals surface area (Å²) in [6.07, 6.45) is 2.87. The number of para-hydroxylation sites is 1. The van der Waals surface area contributed by atoms with Crippen LogP contribution in [0.5, 0.6) is 0 Å². The van der Waals surface area contributed by atoms with Crippen LogP contribution in [0.2, 0.25) is 0 Å². The molecular weight excluding hydrogens is 266 g/mol. The number of H-pyrrole nitrogens is 1. The maximum atomic E-state index is 12.4. The van der Waals surface area contributed by atoms with Crippen LogP contribution in [0.3, 0.4) is 0 Å². The van der Waals surface area contributed by atoms with Gasteiger partial charge in [-0.15, -0.1) is 0 Å². The third-order valence-electron chi connectivity index (χ3n) is 4.44. The number of primary amides is 1. The molecule has 110 valence electrons. The molecule has 0 spiro atoms. The van der Waals surface area contributed by atoms with E-state index in [1.54, 1.807) is 4.90 Å². The van der Waals surface area contributed by atoms with Crippen LogP contribution in [0, 0.1) is 5.41 Å². The lowest BCUT2D eigenvalue weighted by atomic mass is 9.89. The molecule has 2 amide bonds. The van der Waals surface area contributed by atoms with Crippen molar-refractivity contribution in [1.29, 1.82) is 0 Å². The lowest BCUT2D eigenvalue weighted by molar-refractivity contribution is -0.131. The molecule has 5 heteroatoms. The summed E-state index contributed by atoms with van der Waals surface area (Å²) in [5, 5.41) is 1.07. The quantitative estimate of drug-likeness (QED) is 0.894. The molecule has 0 radical (unpaired) electrons. The number of carbonyl (C=O) groups is 2. The fourth-order valence-electron chi connectivity index (χ4n) is 2.93. The number of nitrogens with zero attached hydrogens (tertiary/aromatic N) is 1. The summed E-state index contributed by atoms with van der Waals surface area (Å²) in [5.74, 6) is -0.283. The normalized spacial score (nSPS) is 21.9. The molecule has 2 aromatic rings. The highest BCUT2D eigenvalue weighted by Crippen LogP contribution is 2.30. The molecule has 1 saturated heterocycles. The number of amides is 2. The van der Waals surface area contributed by atoms with Crippen molar-refractivity contribution in [2.24, 2.45) is 11.1 Å². The van der Waals surface area contributed by atoms with Crippen LogP contribution >= 0.6 is 0 Å². The van der Waals surface area contributed by atoms with Crippen molar-refractivity contribution in [3.63, 3.8) is 0 Å². The smallest absolute Gasteiger partial charge is 0.227 e. The van der Waals surface area contributed by atoms with Crippen molar-refractivity contribution >= 4 is 22.7 Å². The highest BCUT2D eigenvalue weighted by molar-refractivity contribution is 5.89. The highest BCUT2D eigenvalue weighted by Gasteiger charge is 2.40. The Bertz CT molecular complexity index is 706. The van der Waals surface area contributed by atoms with Crippen LogP contribution in [-0.4, -0.2) is 34.8 Å². The van der Waals surface area contributed by atoms with E-state index in [0.717, 1.165) is 16.5 Å². The third kappa shape index (κ3) is 2.39. The van der Waals surface area contributed by atoms with Gasteiger partial charge in [-0.3, -0.25) is 9.59 Å². The summed E-state index contributed by atoms with van der Waals surface area (Å²) in [6.45, 7) is 2.85. The van der Waals surface area contributed by atoms with Crippen molar-refractivity contribution in [3.05, 3.63) is 36.0 Å². The van der Waals surface area contributed by atoms with Gasteiger partial charge in [-0.25, -0.2) is 0 Å². The predicted molar refractivity (Wildman–Crippen MR) is 80.5 cm³/mol. The zero-order valence-corrected chi connectivity index (χ0v) is 12.1. The third-order valence-corrected chi connectivity index (χ3v) is 4.44. The van der Waals surface area contributed by atoms with Crippen LogP contribution in [-0.2, 0) is 16.0 Å². The van der Waals surface area contributed by atoms with E-state index in [-0.39, 0.29) is 11.8 Å². The van der Waals surface area contributed by atoms with Crippen LogP contribution in [0.25, 0.3) is 10.9 Å². The molecule has 1 aromatic heterocycles. The fourth-order valence-corrected chi connectivity index (χ4v) is 2.93. The number of hydrogen-bond donors (Lipinski definition) is 2. The van der Waals surface area contributed by atoms with Crippen molar-refractivity contribution in [2.45, 2.75) is 19.8 Å². The standard InChI is InChI=1S/C16H19N3O2/c1-16(15(17)21)6-7-19(10-16)14(20)8-11-9-18-13-5-3-2-4-12(11)13/h2-5,9,18H,6-8,10H2,1H3,(H2,17,21). The topological polar surface area (TPSA) is 79.2 Å². The Kier molecular flexibility index (Phi) is 3.20. The molecule has 21 heavy (non-hydrogen) atoms. The number of likely N-dealkylation sites (tertiary alicyclic amines) is 1. The second-order valence-corrected chi connectivity index (χ2v) is 6.03. The Hall–Kier alpha value is -2.30. The minimum absolute atomic E-state index is 0.0460. The van der Waals surface area contributed by atoms with E-state index in [4.69, 9.17) is 5.73 Å². The number of aromatic amines is 1. The number of nitrogens with two attached hydrogens (primary N) is 1. The molecule has 1 aliphatic rings. The molecule has 1 unspecified atom stereocenters. The highest BCUT2D eigenvalue weighted by atomic mass is 16.2. The van der Waals surface area contributed by atoms with E-state index in [9.17, 15) is 9.59 Å². The first kappa shape index (κ1) is 13.7. The summed E-state index contributed by atoms with van der Waals surface area (Å²) in [4.78, 5) is 28.8. The zero-order valence-electron chi connectivity index (χ0n) is 12.1. The number of fused-ring (bicyclic) bond motifs is 1. The van der Waals surface area contributed by atoms with E-state index in [2.05, 4.69) is 4.98 Å². The minimum atomic E-state index is -0.587. The first-order valence-corrected chi connectivity index (χ1v) is 7.12. The van der Waals surface area contributed by atoms with Crippen LogP contribution < -0.4 is 5.73 Å². The van der Waals surface area contributed by atoms with Crippen molar-refractivity contribution in [1.82, 2.24) is 9.88 Å². The molecule has 1 aromatic carbocycles. The monoisotopic (exact) mass is 285 g/mol. The van der Waals surface area contributed by atoms with Crippen LogP contribution in [0.15, 0.2) is 30.5 Å². The number of rotatable bonds is 3. The Morgan fingerprint density at radius 2 is 2.14 bits per heavy atom. The van der Waals surface area contributed by atoms with Gasteiger partial charge in [-0.05, 0) is 25.0 Å². The van der Waals surface area contributed by atoms with Crippen molar-refractivity contribution in [2.75, 3.05) is 13.1 Å². The van der Waals surface area contributed by atoms with Crippen LogP contribution in [0.4, 0.5) is 0 Å². The Morgan fingerprint density at radius 3 is 2.86 bits per heavy atom. The van der Waals surface area contributed by atoms with Gasteiger partial charge in [-0.1, -0.05) is 18.2 Å². The molecule has 0 bridgehead atoms. The van der Waals surface area contributed by atoms with Gasteiger partial charge in [0.05, 0.1) is 11.8 Å². The summed E-state index contributed by atoms with van der Waals surface area (Å²) >= 11 is 0. The average Bonchev–Trinajstić information content (AvgIpc) is 3.05. The molecule has 5 nitrogen and oxygen atoms in total. The number of aromatic nitrogens is 1. The molecule has 1 atom stereocenters.